The van der Waals surface area contributed by atoms with E-state index < -0.39 is 0 Å². The van der Waals surface area contributed by atoms with Crippen LogP contribution in [-0.2, 0) is 17.6 Å². The van der Waals surface area contributed by atoms with E-state index in [0.717, 1.165) is 18.4 Å². The van der Waals surface area contributed by atoms with Crippen LogP contribution in [-0.4, -0.2) is 11.6 Å². The zero-order chi connectivity index (χ0) is 13.7. The van der Waals surface area contributed by atoms with Gasteiger partial charge < -0.3 is 0 Å². The highest BCUT2D eigenvalue weighted by molar-refractivity contribution is 6.09. The largest absolute Gasteiger partial charge is 0.299 e. The molecular formula is C16H22O2. The number of ketones is 2. The Kier molecular flexibility index (Phi) is 5.26. The molecule has 0 saturated carbocycles. The van der Waals surface area contributed by atoms with Gasteiger partial charge in [0, 0.05) is 11.5 Å². The smallest absolute Gasteiger partial charge is 0.170 e. The van der Waals surface area contributed by atoms with Crippen molar-refractivity contribution in [3.05, 3.63) is 34.9 Å². The summed E-state index contributed by atoms with van der Waals surface area (Å²) in [6, 6.07) is 5.92. The number of aryl methyl sites for hydroxylation is 2. The summed E-state index contributed by atoms with van der Waals surface area (Å²) in [4.78, 5) is 23.7. The topological polar surface area (TPSA) is 34.1 Å². The van der Waals surface area contributed by atoms with Crippen LogP contribution in [0.2, 0.25) is 0 Å². The van der Waals surface area contributed by atoms with Gasteiger partial charge in [0.1, 0.15) is 5.78 Å². The summed E-state index contributed by atoms with van der Waals surface area (Å²) in [5.74, 6) is -0.108. The number of Topliss-reactive ketones (excluding diaryl/α,β-unsaturated/α-hetero) is 2. The molecule has 2 heteroatoms. The lowest BCUT2D eigenvalue weighted by molar-refractivity contribution is -0.121. The lowest BCUT2D eigenvalue weighted by Gasteiger charge is -2.09. The summed E-state index contributed by atoms with van der Waals surface area (Å²) in [6.45, 7) is 7.79. The Bertz CT molecular complexity index is 444. The van der Waals surface area contributed by atoms with Crippen molar-refractivity contribution in [3.8, 4) is 0 Å². The molecule has 0 saturated heterocycles. The summed E-state index contributed by atoms with van der Waals surface area (Å²) in [5, 5.41) is 0. The van der Waals surface area contributed by atoms with Gasteiger partial charge in [0.15, 0.2) is 5.78 Å². The van der Waals surface area contributed by atoms with Crippen LogP contribution in [0.15, 0.2) is 18.2 Å². The van der Waals surface area contributed by atoms with Gasteiger partial charge in [-0.1, -0.05) is 45.9 Å². The van der Waals surface area contributed by atoms with Gasteiger partial charge in [0.25, 0.3) is 0 Å². The molecule has 1 aromatic carbocycles. The Hall–Kier alpha value is -1.44. The molecule has 18 heavy (non-hydrogen) atoms. The highest BCUT2D eigenvalue weighted by Gasteiger charge is 2.16. The van der Waals surface area contributed by atoms with E-state index in [0.29, 0.717) is 5.56 Å². The second kappa shape index (κ2) is 6.48. The van der Waals surface area contributed by atoms with E-state index in [1.807, 2.05) is 32.9 Å². The molecule has 0 aliphatic rings. The van der Waals surface area contributed by atoms with Crippen molar-refractivity contribution >= 4 is 11.6 Å². The predicted octanol–water partition coefficient (Wildman–Crippen LogP) is 3.61. The van der Waals surface area contributed by atoms with Crippen molar-refractivity contribution in [2.24, 2.45) is 5.92 Å². The molecular weight excluding hydrogens is 224 g/mol. The van der Waals surface area contributed by atoms with Gasteiger partial charge in [-0.15, -0.1) is 0 Å². The maximum absolute atomic E-state index is 12.1. The van der Waals surface area contributed by atoms with Gasteiger partial charge in [0.05, 0.1) is 6.42 Å². The third kappa shape index (κ3) is 3.52. The number of carbonyl (C=O) groups is 2. The molecule has 98 valence electrons. The van der Waals surface area contributed by atoms with Crippen LogP contribution in [0, 0.1) is 5.92 Å². The van der Waals surface area contributed by atoms with E-state index in [-0.39, 0.29) is 23.9 Å². The number of benzene rings is 1. The quantitative estimate of drug-likeness (QED) is 0.567. The Balaban J connectivity index is 2.95. The maximum Gasteiger partial charge on any atom is 0.170 e. The summed E-state index contributed by atoms with van der Waals surface area (Å²) < 4.78 is 0. The minimum absolute atomic E-state index is 0.0154. The van der Waals surface area contributed by atoms with Gasteiger partial charge in [-0.3, -0.25) is 9.59 Å². The molecule has 1 rings (SSSR count). The van der Waals surface area contributed by atoms with Crippen molar-refractivity contribution in [2.45, 2.75) is 47.0 Å². The van der Waals surface area contributed by atoms with Crippen LogP contribution in [0.25, 0.3) is 0 Å². The fraction of sp³-hybridized carbons (Fsp3) is 0.500. The summed E-state index contributed by atoms with van der Waals surface area (Å²) in [5.41, 5.74) is 3.00. The molecule has 0 fully saturated rings. The van der Waals surface area contributed by atoms with Gasteiger partial charge >= 0.3 is 0 Å². The average Bonchev–Trinajstić information content (AvgIpc) is 2.37. The molecule has 0 radical (unpaired) electrons. The van der Waals surface area contributed by atoms with Gasteiger partial charge in [-0.2, -0.15) is 0 Å². The molecule has 0 N–H and O–H groups in total. The average molecular weight is 246 g/mol. The van der Waals surface area contributed by atoms with Crippen LogP contribution in [0.5, 0.6) is 0 Å². The molecule has 0 aromatic heterocycles. The minimum atomic E-state index is -0.0751. The number of hydrogen-bond donors (Lipinski definition) is 0. The fourth-order valence-electron chi connectivity index (χ4n) is 1.89. The van der Waals surface area contributed by atoms with Crippen LogP contribution in [0.1, 0.15) is 55.6 Å². The summed E-state index contributed by atoms with van der Waals surface area (Å²) in [7, 11) is 0. The standard InChI is InChI=1S/C16H22O2/c1-5-12-7-8-14(13(6-2)9-12)16(18)10-15(17)11(3)4/h7-9,11H,5-6,10H2,1-4H3. The van der Waals surface area contributed by atoms with Crippen molar-refractivity contribution in [2.75, 3.05) is 0 Å². The van der Waals surface area contributed by atoms with E-state index in [4.69, 9.17) is 0 Å². The molecule has 0 heterocycles. The first-order chi connectivity index (χ1) is 8.49. The number of carbonyl (C=O) groups excluding carboxylic acids is 2. The maximum atomic E-state index is 12.1. The molecule has 1 aromatic rings. The molecule has 0 unspecified atom stereocenters. The first kappa shape index (κ1) is 14.6. The molecule has 0 bridgehead atoms. The predicted molar refractivity (Wildman–Crippen MR) is 74.0 cm³/mol. The monoisotopic (exact) mass is 246 g/mol. The highest BCUT2D eigenvalue weighted by Crippen LogP contribution is 2.16. The van der Waals surface area contributed by atoms with Crippen LogP contribution in [0.4, 0.5) is 0 Å². The highest BCUT2D eigenvalue weighted by atomic mass is 16.1. The van der Waals surface area contributed by atoms with E-state index in [1.165, 1.54) is 5.56 Å². The Morgan fingerprint density at radius 1 is 1.11 bits per heavy atom. The van der Waals surface area contributed by atoms with Crippen molar-refractivity contribution in [1.82, 2.24) is 0 Å². The Morgan fingerprint density at radius 2 is 1.78 bits per heavy atom. The Morgan fingerprint density at radius 3 is 2.28 bits per heavy atom. The fourth-order valence-corrected chi connectivity index (χ4v) is 1.89. The van der Waals surface area contributed by atoms with Crippen LogP contribution >= 0.6 is 0 Å². The molecule has 0 amide bonds. The number of hydrogen-bond acceptors (Lipinski definition) is 2. The minimum Gasteiger partial charge on any atom is -0.299 e. The third-order valence-corrected chi connectivity index (χ3v) is 3.24. The zero-order valence-electron chi connectivity index (χ0n) is 11.7. The van der Waals surface area contributed by atoms with E-state index in [9.17, 15) is 9.59 Å². The van der Waals surface area contributed by atoms with Crippen molar-refractivity contribution in [1.29, 1.82) is 0 Å². The van der Waals surface area contributed by atoms with Gasteiger partial charge in [-0.05, 0) is 24.0 Å². The van der Waals surface area contributed by atoms with Crippen molar-refractivity contribution in [3.63, 3.8) is 0 Å². The van der Waals surface area contributed by atoms with E-state index >= 15 is 0 Å². The normalized spacial score (nSPS) is 10.7. The molecule has 0 spiro atoms. The second-order valence-corrected chi connectivity index (χ2v) is 4.92. The lowest BCUT2D eigenvalue weighted by atomic mass is 9.94. The SMILES string of the molecule is CCc1ccc(C(=O)CC(=O)C(C)C)c(CC)c1. The third-order valence-electron chi connectivity index (χ3n) is 3.24. The molecule has 0 atom stereocenters. The summed E-state index contributed by atoms with van der Waals surface area (Å²) >= 11 is 0. The molecule has 0 aliphatic heterocycles. The molecule has 2 nitrogen and oxygen atoms in total. The van der Waals surface area contributed by atoms with E-state index in [1.54, 1.807) is 0 Å². The van der Waals surface area contributed by atoms with Gasteiger partial charge in [0.2, 0.25) is 0 Å². The summed E-state index contributed by atoms with van der Waals surface area (Å²) in [6.07, 6.45) is 1.81. The number of rotatable bonds is 6. The lowest BCUT2D eigenvalue weighted by Crippen LogP contribution is -2.14. The Labute approximate surface area is 109 Å². The first-order valence-corrected chi connectivity index (χ1v) is 6.67. The van der Waals surface area contributed by atoms with Gasteiger partial charge in [-0.25, -0.2) is 0 Å². The van der Waals surface area contributed by atoms with Crippen LogP contribution in [0.3, 0.4) is 0 Å². The van der Waals surface area contributed by atoms with Crippen LogP contribution < -0.4 is 0 Å². The second-order valence-electron chi connectivity index (χ2n) is 4.92. The van der Waals surface area contributed by atoms with Crippen molar-refractivity contribution < 1.29 is 9.59 Å². The molecule has 0 aliphatic carbocycles. The first-order valence-electron chi connectivity index (χ1n) is 6.67. The van der Waals surface area contributed by atoms with E-state index in [2.05, 4.69) is 13.0 Å². The zero-order valence-corrected chi connectivity index (χ0v) is 11.7.